The van der Waals surface area contributed by atoms with Gasteiger partial charge < -0.3 is 10.0 Å². The van der Waals surface area contributed by atoms with E-state index in [1.807, 2.05) is 0 Å². The van der Waals surface area contributed by atoms with E-state index in [2.05, 4.69) is 30.9 Å². The Bertz CT molecular complexity index is 688. The van der Waals surface area contributed by atoms with Crippen LogP contribution in [0.3, 0.4) is 0 Å². The lowest BCUT2D eigenvalue weighted by molar-refractivity contribution is -0.143. The highest BCUT2D eigenvalue weighted by Gasteiger charge is 2.61. The van der Waals surface area contributed by atoms with Crippen molar-refractivity contribution in [2.75, 3.05) is 13.1 Å². The average Bonchev–Trinajstić information content (AvgIpc) is 3.23. The molecule has 0 unspecified atom stereocenters. The molecule has 142 valence electrons. The van der Waals surface area contributed by atoms with Gasteiger partial charge in [0.25, 0.3) is 0 Å². The molecular weight excluding hydrogens is 322 g/mol. The van der Waals surface area contributed by atoms with E-state index in [1.165, 1.54) is 37.2 Å². The summed E-state index contributed by atoms with van der Waals surface area (Å²) in [5.74, 6) is 1.68. The zero-order valence-electron chi connectivity index (χ0n) is 16.3. The van der Waals surface area contributed by atoms with Crippen molar-refractivity contribution in [1.82, 2.24) is 4.90 Å². The Hall–Kier alpha value is -1.09. The van der Waals surface area contributed by atoms with Gasteiger partial charge in [0.15, 0.2) is 0 Å². The van der Waals surface area contributed by atoms with Crippen molar-refractivity contribution >= 4 is 5.78 Å². The third-order valence-corrected chi connectivity index (χ3v) is 8.90. The van der Waals surface area contributed by atoms with E-state index >= 15 is 0 Å². The molecule has 0 aromatic carbocycles. The predicted octanol–water partition coefficient (Wildman–Crippen LogP) is 4.08. The van der Waals surface area contributed by atoms with Gasteiger partial charge in [0.2, 0.25) is 0 Å². The molecule has 26 heavy (non-hydrogen) atoms. The van der Waals surface area contributed by atoms with Crippen LogP contribution in [-0.4, -0.2) is 35.0 Å². The fourth-order valence-corrected chi connectivity index (χ4v) is 7.47. The topological polar surface area (TPSA) is 40.5 Å². The maximum atomic E-state index is 12.6. The first-order valence-corrected chi connectivity index (χ1v) is 10.8. The molecule has 1 aliphatic heterocycles. The average molecular weight is 356 g/mol. The molecule has 6 atom stereocenters. The standard InChI is InChI=1S/C23H33NO2/c1-22-10-9-16(24-11-3-4-12-24)13-15(22)5-6-17-18-7-8-20(26)23(18,2)14-19(25)21(17)22/h5,13,17-19,21,25H,3-4,6-12,14H2,1-2H3/t17-,18-,19-,21+,22-,23-/m0/s1. The van der Waals surface area contributed by atoms with Crippen LogP contribution < -0.4 is 0 Å². The molecule has 4 aliphatic carbocycles. The summed E-state index contributed by atoms with van der Waals surface area (Å²) in [6.07, 6.45) is 13.0. The maximum absolute atomic E-state index is 12.6. The SMILES string of the molecule is C[C@]12CCC(N3CCCC3)=CC1=CC[C@@H]1[C@@H]2[C@@H](O)C[C@]2(C)C(=O)CC[C@@H]12. The van der Waals surface area contributed by atoms with Crippen LogP contribution in [0, 0.1) is 28.6 Å². The van der Waals surface area contributed by atoms with Gasteiger partial charge >= 0.3 is 0 Å². The number of Topliss-reactive ketones (excluding diaryl/α,β-unsaturated/α-hetero) is 1. The number of fused-ring (bicyclic) bond motifs is 5. The largest absolute Gasteiger partial charge is 0.393 e. The van der Waals surface area contributed by atoms with Gasteiger partial charge in [-0.15, -0.1) is 0 Å². The number of carbonyl (C=O) groups is 1. The van der Waals surface area contributed by atoms with Crippen LogP contribution in [0.5, 0.6) is 0 Å². The molecule has 3 fully saturated rings. The van der Waals surface area contributed by atoms with Crippen molar-refractivity contribution < 1.29 is 9.90 Å². The number of likely N-dealkylation sites (tertiary alicyclic amines) is 1. The Balaban J connectivity index is 1.50. The smallest absolute Gasteiger partial charge is 0.139 e. The molecule has 1 saturated heterocycles. The molecule has 1 N–H and O–H groups in total. The Labute approximate surface area is 157 Å². The van der Waals surface area contributed by atoms with Crippen molar-refractivity contribution in [1.29, 1.82) is 0 Å². The molecule has 0 spiro atoms. The number of ketones is 1. The molecule has 0 radical (unpaired) electrons. The summed E-state index contributed by atoms with van der Waals surface area (Å²) in [5, 5.41) is 11.2. The fraction of sp³-hybridized carbons (Fsp3) is 0.783. The summed E-state index contributed by atoms with van der Waals surface area (Å²) in [7, 11) is 0. The first-order chi connectivity index (χ1) is 12.4. The van der Waals surface area contributed by atoms with Crippen LogP contribution in [0.1, 0.15) is 65.2 Å². The van der Waals surface area contributed by atoms with Gasteiger partial charge in [-0.3, -0.25) is 4.79 Å². The lowest BCUT2D eigenvalue weighted by Crippen LogP contribution is -2.55. The quantitative estimate of drug-likeness (QED) is 0.770. The van der Waals surface area contributed by atoms with Gasteiger partial charge in [0.1, 0.15) is 5.78 Å². The Morgan fingerprint density at radius 1 is 1.15 bits per heavy atom. The third-order valence-electron chi connectivity index (χ3n) is 8.90. The van der Waals surface area contributed by atoms with Crippen LogP contribution in [0.4, 0.5) is 0 Å². The normalized spacial score (nSPS) is 47.8. The first kappa shape index (κ1) is 17.0. The summed E-state index contributed by atoms with van der Waals surface area (Å²) in [6.45, 7) is 6.97. The van der Waals surface area contributed by atoms with E-state index in [0.717, 1.165) is 32.1 Å². The van der Waals surface area contributed by atoms with Gasteiger partial charge in [-0.1, -0.05) is 19.9 Å². The minimum absolute atomic E-state index is 0.0819. The van der Waals surface area contributed by atoms with Crippen LogP contribution in [-0.2, 0) is 4.79 Å². The van der Waals surface area contributed by atoms with Crippen LogP contribution in [0.15, 0.2) is 23.4 Å². The van der Waals surface area contributed by atoms with Crippen LogP contribution in [0.25, 0.3) is 0 Å². The van der Waals surface area contributed by atoms with Crippen molar-refractivity contribution in [2.24, 2.45) is 28.6 Å². The zero-order valence-corrected chi connectivity index (χ0v) is 16.3. The van der Waals surface area contributed by atoms with E-state index in [4.69, 9.17) is 0 Å². The van der Waals surface area contributed by atoms with Crippen molar-refractivity contribution in [3.05, 3.63) is 23.4 Å². The number of allylic oxidation sites excluding steroid dienone is 4. The van der Waals surface area contributed by atoms with Gasteiger partial charge in [0.05, 0.1) is 6.10 Å². The van der Waals surface area contributed by atoms with E-state index in [0.29, 0.717) is 30.0 Å². The number of aliphatic hydroxyl groups excluding tert-OH is 1. The molecule has 2 saturated carbocycles. The lowest BCUT2D eigenvalue weighted by Gasteiger charge is -2.57. The highest BCUT2D eigenvalue weighted by molar-refractivity contribution is 5.87. The van der Waals surface area contributed by atoms with Gasteiger partial charge in [0, 0.05) is 30.6 Å². The predicted molar refractivity (Wildman–Crippen MR) is 102 cm³/mol. The van der Waals surface area contributed by atoms with Gasteiger partial charge in [-0.05, 0) is 79.8 Å². The highest BCUT2D eigenvalue weighted by atomic mass is 16.3. The van der Waals surface area contributed by atoms with Crippen LogP contribution >= 0.6 is 0 Å². The minimum Gasteiger partial charge on any atom is -0.393 e. The molecule has 0 aromatic heterocycles. The van der Waals surface area contributed by atoms with Gasteiger partial charge in [-0.25, -0.2) is 0 Å². The molecule has 0 bridgehead atoms. The second-order valence-electron chi connectivity index (χ2n) is 10.1. The van der Waals surface area contributed by atoms with Crippen molar-refractivity contribution in [2.45, 2.75) is 71.3 Å². The zero-order chi connectivity index (χ0) is 18.1. The summed E-state index contributed by atoms with van der Waals surface area (Å²) >= 11 is 0. The number of rotatable bonds is 1. The van der Waals surface area contributed by atoms with E-state index in [9.17, 15) is 9.90 Å². The van der Waals surface area contributed by atoms with E-state index in [1.54, 1.807) is 0 Å². The summed E-state index contributed by atoms with van der Waals surface area (Å²) < 4.78 is 0. The second-order valence-corrected chi connectivity index (χ2v) is 10.1. The number of hydrogen-bond donors (Lipinski definition) is 1. The van der Waals surface area contributed by atoms with Crippen molar-refractivity contribution in [3.63, 3.8) is 0 Å². The molecule has 5 rings (SSSR count). The number of aliphatic hydroxyl groups is 1. The second kappa shape index (κ2) is 5.70. The molecule has 3 heteroatoms. The summed E-state index contributed by atoms with van der Waals surface area (Å²) in [5.41, 5.74) is 2.81. The number of nitrogens with zero attached hydrogens (tertiary/aromatic N) is 1. The van der Waals surface area contributed by atoms with E-state index < -0.39 is 0 Å². The summed E-state index contributed by atoms with van der Waals surface area (Å²) in [6, 6.07) is 0. The first-order valence-electron chi connectivity index (χ1n) is 10.8. The van der Waals surface area contributed by atoms with Crippen molar-refractivity contribution in [3.8, 4) is 0 Å². The molecule has 0 amide bonds. The molecule has 0 aromatic rings. The molecule has 1 heterocycles. The number of carbonyl (C=O) groups excluding carboxylic acids is 1. The van der Waals surface area contributed by atoms with Crippen LogP contribution in [0.2, 0.25) is 0 Å². The molecular formula is C23H33NO2. The Kier molecular flexibility index (Phi) is 3.74. The third kappa shape index (κ3) is 2.19. The Morgan fingerprint density at radius 3 is 2.69 bits per heavy atom. The van der Waals surface area contributed by atoms with Gasteiger partial charge in [-0.2, -0.15) is 0 Å². The minimum atomic E-state index is -0.335. The highest BCUT2D eigenvalue weighted by Crippen LogP contribution is 2.63. The number of hydrogen-bond acceptors (Lipinski definition) is 3. The maximum Gasteiger partial charge on any atom is 0.139 e. The molecule has 5 aliphatic rings. The Morgan fingerprint density at radius 2 is 1.92 bits per heavy atom. The van der Waals surface area contributed by atoms with E-state index in [-0.39, 0.29) is 16.9 Å². The monoisotopic (exact) mass is 355 g/mol. The lowest BCUT2D eigenvalue weighted by atomic mass is 9.48. The molecule has 3 nitrogen and oxygen atoms in total. The summed E-state index contributed by atoms with van der Waals surface area (Å²) in [4.78, 5) is 15.1. The fourth-order valence-electron chi connectivity index (χ4n) is 7.47.